The van der Waals surface area contributed by atoms with Crippen molar-refractivity contribution in [2.24, 2.45) is 10.1 Å². The number of rotatable bonds is 11. The van der Waals surface area contributed by atoms with Crippen LogP contribution in [0.4, 0.5) is 10.2 Å². The Labute approximate surface area is 252 Å². The fourth-order valence-electron chi connectivity index (χ4n) is 3.68. The van der Waals surface area contributed by atoms with Gasteiger partial charge in [0.25, 0.3) is 5.91 Å². The summed E-state index contributed by atoms with van der Waals surface area (Å²) in [5.74, 6) is 1.07. The lowest BCUT2D eigenvalue weighted by Gasteiger charge is -2.13. The Kier molecular flexibility index (Phi) is 9.55. The molecule has 0 bridgehead atoms. The normalized spacial score (nSPS) is 13.0. The number of carbonyl (C=O) groups excluding carboxylic acids is 1. The molecule has 218 valence electrons. The van der Waals surface area contributed by atoms with Gasteiger partial charge in [0.1, 0.15) is 16.8 Å². The van der Waals surface area contributed by atoms with Gasteiger partial charge in [-0.25, -0.2) is 14.4 Å². The Morgan fingerprint density at radius 2 is 2.19 bits per heavy atom. The van der Waals surface area contributed by atoms with E-state index in [4.69, 9.17) is 26.8 Å². The van der Waals surface area contributed by atoms with E-state index in [1.165, 1.54) is 34.8 Å². The highest BCUT2D eigenvalue weighted by Gasteiger charge is 2.25. The van der Waals surface area contributed by atoms with Crippen molar-refractivity contribution in [3.63, 3.8) is 0 Å². The minimum atomic E-state index is -0.601. The Balaban J connectivity index is 1.29. The molecule has 3 heterocycles. The predicted octanol–water partition coefficient (Wildman–Crippen LogP) is 4.10. The monoisotopic (exact) mass is 631 g/mol. The van der Waals surface area contributed by atoms with Gasteiger partial charge in [0.15, 0.2) is 17.2 Å². The van der Waals surface area contributed by atoms with E-state index >= 15 is 0 Å². The van der Waals surface area contributed by atoms with Gasteiger partial charge in [-0.3, -0.25) is 9.79 Å². The number of ether oxygens (including phenoxy) is 2. The second-order valence-corrected chi connectivity index (χ2v) is 11.1. The first-order valence-electron chi connectivity index (χ1n) is 12.4. The molecule has 0 saturated carbocycles. The number of carbonyl (C=O) groups is 1. The highest BCUT2D eigenvalue weighted by atomic mass is 35.5. The molecular formula is C25H23ClFN9O4S2. The molecule has 2 aromatic carbocycles. The summed E-state index contributed by atoms with van der Waals surface area (Å²) in [7, 11) is 0. The third kappa shape index (κ3) is 6.83. The first-order valence-corrected chi connectivity index (χ1v) is 14.8. The number of hydrogen-bond donors (Lipinski definition) is 2. The number of halogens is 2. The molecule has 13 nitrogen and oxygen atoms in total. The van der Waals surface area contributed by atoms with E-state index in [0.717, 1.165) is 16.7 Å². The summed E-state index contributed by atoms with van der Waals surface area (Å²) in [6, 6.07) is 9.47. The molecule has 2 aromatic heterocycles. The number of aromatic nitrogens is 5. The summed E-state index contributed by atoms with van der Waals surface area (Å²) in [6.45, 7) is 2.84. The average Bonchev–Trinajstić information content (AvgIpc) is 3.74. The number of benzene rings is 2. The minimum Gasteiger partial charge on any atom is -0.490 e. The van der Waals surface area contributed by atoms with Gasteiger partial charge in [0.2, 0.25) is 11.6 Å². The molecule has 0 atom stereocenters. The summed E-state index contributed by atoms with van der Waals surface area (Å²) in [6.07, 6.45) is 1.43. The lowest BCUT2D eigenvalue weighted by atomic mass is 10.2. The second kappa shape index (κ2) is 13.7. The summed E-state index contributed by atoms with van der Waals surface area (Å²) < 4.78 is 32.5. The minimum absolute atomic E-state index is 0.00163. The smallest absolute Gasteiger partial charge is 0.293 e. The van der Waals surface area contributed by atoms with E-state index in [9.17, 15) is 9.18 Å². The number of anilines is 1. The largest absolute Gasteiger partial charge is 0.490 e. The molecule has 0 unspecified atom stereocenters. The molecule has 0 radical (unpaired) electrons. The van der Waals surface area contributed by atoms with Crippen LogP contribution in [0.15, 0.2) is 51.1 Å². The first kappa shape index (κ1) is 29.3. The van der Waals surface area contributed by atoms with Crippen molar-refractivity contribution in [1.29, 1.82) is 0 Å². The highest BCUT2D eigenvalue weighted by molar-refractivity contribution is 8.38. The van der Waals surface area contributed by atoms with Crippen molar-refractivity contribution < 1.29 is 23.3 Å². The molecule has 4 aromatic rings. The predicted molar refractivity (Wildman–Crippen MR) is 158 cm³/mol. The second-order valence-electron chi connectivity index (χ2n) is 8.38. The van der Waals surface area contributed by atoms with E-state index in [1.54, 1.807) is 36.0 Å². The molecule has 42 heavy (non-hydrogen) atoms. The third-order valence-corrected chi connectivity index (χ3v) is 8.26. The van der Waals surface area contributed by atoms with Gasteiger partial charge in [0.05, 0.1) is 30.1 Å². The molecule has 0 saturated heterocycles. The summed E-state index contributed by atoms with van der Waals surface area (Å²) in [5.41, 5.74) is 9.59. The number of hydrazone groups is 1. The zero-order valence-electron chi connectivity index (χ0n) is 22.0. The van der Waals surface area contributed by atoms with Crippen LogP contribution in [0.5, 0.6) is 11.5 Å². The van der Waals surface area contributed by atoms with E-state index in [1.807, 2.05) is 6.92 Å². The van der Waals surface area contributed by atoms with Crippen LogP contribution in [0.3, 0.4) is 0 Å². The zero-order valence-corrected chi connectivity index (χ0v) is 24.4. The fourth-order valence-corrected chi connectivity index (χ4v) is 5.90. The molecule has 1 amide bonds. The lowest BCUT2D eigenvalue weighted by molar-refractivity contribution is 0.0949. The number of amides is 1. The fraction of sp³-hybridized carbons (Fsp3) is 0.240. The number of nitrogens with one attached hydrogen (secondary N) is 1. The summed E-state index contributed by atoms with van der Waals surface area (Å²) in [5, 5.41) is 19.7. The Morgan fingerprint density at radius 1 is 1.31 bits per heavy atom. The van der Waals surface area contributed by atoms with Gasteiger partial charge >= 0.3 is 0 Å². The van der Waals surface area contributed by atoms with Gasteiger partial charge in [0, 0.05) is 17.1 Å². The van der Waals surface area contributed by atoms with Crippen molar-refractivity contribution in [3.05, 3.63) is 69.8 Å². The molecule has 0 aliphatic carbocycles. The molecule has 0 spiro atoms. The standard InChI is InChI=1S/C25H23ClFN9O4S2/c1-2-38-20-10-14(6-7-19(20)39-12-15-16(26)4-3-5-17(15)27)11-30-32-24(37)21-18(13-42-25-29-8-9-41-25)36(35-31-21)23-22(28)33-40-34-23/h3-7,10-11H,2,8-9,12-13H2,1H3,(H2,28,33)(H,32,37)/b30-11-. The van der Waals surface area contributed by atoms with Crippen molar-refractivity contribution in [1.82, 2.24) is 30.7 Å². The van der Waals surface area contributed by atoms with Crippen LogP contribution in [-0.2, 0) is 12.4 Å². The van der Waals surface area contributed by atoms with Gasteiger partial charge in [-0.05, 0) is 53.1 Å². The molecular weight excluding hydrogens is 609 g/mol. The maximum Gasteiger partial charge on any atom is 0.293 e. The van der Waals surface area contributed by atoms with Gasteiger partial charge < -0.3 is 15.2 Å². The van der Waals surface area contributed by atoms with Crippen LogP contribution in [0, 0.1) is 5.82 Å². The maximum atomic E-state index is 14.1. The van der Waals surface area contributed by atoms with E-state index in [2.05, 4.69) is 40.8 Å². The van der Waals surface area contributed by atoms with Crippen molar-refractivity contribution >= 4 is 57.4 Å². The van der Waals surface area contributed by atoms with E-state index in [0.29, 0.717) is 35.1 Å². The molecule has 0 fully saturated rings. The van der Waals surface area contributed by atoms with E-state index in [-0.39, 0.29) is 34.5 Å². The molecule has 1 aliphatic rings. The van der Waals surface area contributed by atoms with Crippen LogP contribution >= 0.6 is 35.1 Å². The quantitative estimate of drug-likeness (QED) is 0.181. The molecule has 3 N–H and O–H groups in total. The molecule has 5 rings (SSSR count). The summed E-state index contributed by atoms with van der Waals surface area (Å²) >= 11 is 9.18. The van der Waals surface area contributed by atoms with E-state index < -0.39 is 11.7 Å². The van der Waals surface area contributed by atoms with Crippen LogP contribution < -0.4 is 20.6 Å². The van der Waals surface area contributed by atoms with Crippen LogP contribution in [0.1, 0.15) is 34.2 Å². The first-order chi connectivity index (χ1) is 20.4. The number of nitrogens with zero attached hydrogens (tertiary/aromatic N) is 7. The van der Waals surface area contributed by atoms with Crippen molar-refractivity contribution in [2.75, 3.05) is 24.6 Å². The lowest BCUT2D eigenvalue weighted by Crippen LogP contribution is -2.20. The van der Waals surface area contributed by atoms with Crippen molar-refractivity contribution in [2.45, 2.75) is 19.3 Å². The van der Waals surface area contributed by atoms with Crippen LogP contribution in [0.2, 0.25) is 5.02 Å². The highest BCUT2D eigenvalue weighted by Crippen LogP contribution is 2.31. The van der Waals surface area contributed by atoms with Gasteiger partial charge in [-0.2, -0.15) is 9.78 Å². The van der Waals surface area contributed by atoms with Crippen molar-refractivity contribution in [3.8, 4) is 17.3 Å². The van der Waals surface area contributed by atoms with Crippen LogP contribution in [0.25, 0.3) is 5.82 Å². The Morgan fingerprint density at radius 3 is 2.93 bits per heavy atom. The number of aliphatic imine (C=N–C) groups is 1. The summed E-state index contributed by atoms with van der Waals surface area (Å²) in [4.78, 5) is 17.5. The van der Waals surface area contributed by atoms with Gasteiger partial charge in [-0.15, -0.1) is 5.10 Å². The average molecular weight is 632 g/mol. The molecule has 1 aliphatic heterocycles. The third-order valence-electron chi connectivity index (χ3n) is 5.65. The number of hydrogen-bond acceptors (Lipinski definition) is 13. The Hall–Kier alpha value is -4.15. The number of nitrogen functional groups attached to an aromatic ring is 1. The molecule has 17 heteroatoms. The van der Waals surface area contributed by atoms with Gasteiger partial charge in [-0.1, -0.05) is 46.4 Å². The zero-order chi connectivity index (χ0) is 29.5. The SMILES string of the molecule is CCOc1cc(/C=N\NC(=O)c2nnn(-c3nonc3N)c2CSC2=NCCS2)ccc1OCc1c(F)cccc1Cl. The maximum absolute atomic E-state index is 14.1. The topological polar surface area (TPSA) is 168 Å². The van der Waals surface area contributed by atoms with Crippen LogP contribution in [-0.4, -0.2) is 60.7 Å². The number of nitrogens with two attached hydrogens (primary N) is 1. The number of thioether (sulfide) groups is 2. The Bertz CT molecular complexity index is 1630.